The summed E-state index contributed by atoms with van der Waals surface area (Å²) in [5.74, 6) is -0.271. The van der Waals surface area contributed by atoms with Crippen molar-refractivity contribution >= 4 is 22.8 Å². The zero-order valence-electron chi connectivity index (χ0n) is 12.7. The van der Waals surface area contributed by atoms with Gasteiger partial charge in [0.1, 0.15) is 0 Å². The van der Waals surface area contributed by atoms with E-state index in [2.05, 4.69) is 12.2 Å². The second kappa shape index (κ2) is 11.4. The highest BCUT2D eigenvalue weighted by Gasteiger charge is 2.13. The zero-order chi connectivity index (χ0) is 15.3. The van der Waals surface area contributed by atoms with Crippen LogP contribution in [0.15, 0.2) is 35.8 Å². The van der Waals surface area contributed by atoms with Gasteiger partial charge in [-0.05, 0) is 11.8 Å². The Kier molecular flexibility index (Phi) is 9.62. The summed E-state index contributed by atoms with van der Waals surface area (Å²) in [7, 11) is 0. The molecule has 3 nitrogen and oxygen atoms in total. The van der Waals surface area contributed by atoms with Crippen LogP contribution in [0, 0.1) is 5.92 Å². The number of allylic oxidation sites excluding steroid dienone is 4. The van der Waals surface area contributed by atoms with Crippen LogP contribution in [0.5, 0.6) is 0 Å². The van der Waals surface area contributed by atoms with Crippen molar-refractivity contribution in [1.29, 1.82) is 0 Å². The van der Waals surface area contributed by atoms with Crippen LogP contribution in [-0.2, 0) is 9.59 Å². The first kappa shape index (κ1) is 17.8. The van der Waals surface area contributed by atoms with E-state index >= 15 is 0 Å². The van der Waals surface area contributed by atoms with Gasteiger partial charge in [-0.2, -0.15) is 0 Å². The molecule has 0 bridgehead atoms. The number of hydrogen-bond acceptors (Lipinski definition) is 3. The molecule has 0 unspecified atom stereocenters. The third kappa shape index (κ3) is 8.56. The minimum absolute atomic E-state index is 0.0416. The van der Waals surface area contributed by atoms with Gasteiger partial charge in [0.05, 0.1) is 5.92 Å². The summed E-state index contributed by atoms with van der Waals surface area (Å²) in [4.78, 5) is 23.2. The van der Waals surface area contributed by atoms with Crippen LogP contribution in [0.3, 0.4) is 0 Å². The van der Waals surface area contributed by atoms with Gasteiger partial charge >= 0.3 is 0 Å². The van der Waals surface area contributed by atoms with E-state index in [9.17, 15) is 9.59 Å². The van der Waals surface area contributed by atoms with Crippen LogP contribution in [0.25, 0.3) is 0 Å². The minimum atomic E-state index is -0.147. The molecule has 1 rings (SSSR count). The largest absolute Gasteiger partial charge is 0.353 e. The molecule has 0 radical (unpaired) electrons. The van der Waals surface area contributed by atoms with Gasteiger partial charge in [0.2, 0.25) is 11.0 Å². The molecule has 1 amide bonds. The summed E-state index contributed by atoms with van der Waals surface area (Å²) in [5.41, 5.74) is 0. The molecule has 116 valence electrons. The SMILES string of the molecule is CCCCCCCCNC(=O)C=CSC(=O)C1C=CC=C1. The van der Waals surface area contributed by atoms with Crippen molar-refractivity contribution in [3.05, 3.63) is 35.8 Å². The Bertz CT molecular complexity index is 401. The summed E-state index contributed by atoms with van der Waals surface area (Å²) >= 11 is 1.07. The van der Waals surface area contributed by atoms with Gasteiger partial charge < -0.3 is 5.32 Å². The summed E-state index contributed by atoms with van der Waals surface area (Å²) in [6, 6.07) is 0. The number of thioether (sulfide) groups is 1. The number of carbonyl (C=O) groups excluding carboxylic acids is 2. The van der Waals surface area contributed by atoms with E-state index in [-0.39, 0.29) is 16.9 Å². The van der Waals surface area contributed by atoms with Crippen molar-refractivity contribution in [3.8, 4) is 0 Å². The van der Waals surface area contributed by atoms with Crippen molar-refractivity contribution in [3.63, 3.8) is 0 Å². The Labute approximate surface area is 131 Å². The van der Waals surface area contributed by atoms with Gasteiger partial charge in [0.15, 0.2) is 0 Å². The fraction of sp³-hybridized carbons (Fsp3) is 0.529. The predicted molar refractivity (Wildman–Crippen MR) is 89.9 cm³/mol. The number of unbranched alkanes of at least 4 members (excludes halogenated alkanes) is 5. The quantitative estimate of drug-likeness (QED) is 0.490. The molecule has 0 aromatic heterocycles. The Balaban J connectivity index is 2.02. The first-order chi connectivity index (χ1) is 10.2. The Morgan fingerprint density at radius 3 is 2.48 bits per heavy atom. The molecule has 0 atom stereocenters. The number of nitrogens with one attached hydrogen (secondary N) is 1. The van der Waals surface area contributed by atoms with Gasteiger partial charge in [-0.15, -0.1) is 0 Å². The Morgan fingerprint density at radius 2 is 1.76 bits per heavy atom. The van der Waals surface area contributed by atoms with Crippen LogP contribution in [-0.4, -0.2) is 17.6 Å². The van der Waals surface area contributed by atoms with Gasteiger partial charge in [-0.25, -0.2) is 0 Å². The minimum Gasteiger partial charge on any atom is -0.353 e. The Hall–Kier alpha value is -1.29. The van der Waals surface area contributed by atoms with Crippen LogP contribution < -0.4 is 5.32 Å². The van der Waals surface area contributed by atoms with Crippen LogP contribution in [0.4, 0.5) is 0 Å². The van der Waals surface area contributed by atoms with Crippen molar-refractivity contribution in [1.82, 2.24) is 5.32 Å². The van der Waals surface area contributed by atoms with E-state index in [0.717, 1.165) is 24.6 Å². The molecule has 1 aliphatic rings. The normalized spacial score (nSPS) is 14.1. The maximum Gasteiger partial charge on any atom is 0.244 e. The lowest BCUT2D eigenvalue weighted by atomic mass is 10.1. The van der Waals surface area contributed by atoms with Gasteiger partial charge in [0, 0.05) is 12.6 Å². The van der Waals surface area contributed by atoms with E-state index in [1.54, 1.807) is 5.41 Å². The van der Waals surface area contributed by atoms with Crippen molar-refractivity contribution in [2.24, 2.45) is 5.92 Å². The monoisotopic (exact) mass is 307 g/mol. The summed E-state index contributed by atoms with van der Waals surface area (Å²) in [6.07, 6.45) is 16.1. The zero-order valence-corrected chi connectivity index (χ0v) is 13.5. The topological polar surface area (TPSA) is 46.2 Å². The molecule has 0 heterocycles. The lowest BCUT2D eigenvalue weighted by molar-refractivity contribution is -0.116. The summed E-state index contributed by atoms with van der Waals surface area (Å²) in [5, 5.41) is 4.45. The molecule has 1 N–H and O–H groups in total. The molecule has 0 aromatic carbocycles. The van der Waals surface area contributed by atoms with E-state index < -0.39 is 0 Å². The number of carbonyl (C=O) groups is 2. The Morgan fingerprint density at radius 1 is 1.10 bits per heavy atom. The van der Waals surface area contributed by atoms with Crippen LogP contribution in [0.1, 0.15) is 45.4 Å². The maximum atomic E-state index is 11.7. The highest BCUT2D eigenvalue weighted by molar-refractivity contribution is 8.16. The van der Waals surface area contributed by atoms with Gasteiger partial charge in [-0.1, -0.05) is 75.1 Å². The molecule has 0 spiro atoms. The van der Waals surface area contributed by atoms with Crippen molar-refractivity contribution in [2.75, 3.05) is 6.54 Å². The predicted octanol–water partition coefficient (Wildman–Crippen LogP) is 3.98. The molecule has 21 heavy (non-hydrogen) atoms. The summed E-state index contributed by atoms with van der Waals surface area (Å²) < 4.78 is 0. The number of amides is 1. The lowest BCUT2D eigenvalue weighted by Gasteiger charge is -2.02. The smallest absolute Gasteiger partial charge is 0.244 e. The molecule has 0 fully saturated rings. The first-order valence-electron chi connectivity index (χ1n) is 7.74. The van der Waals surface area contributed by atoms with Crippen LogP contribution >= 0.6 is 11.8 Å². The molecular formula is C17H25NO2S. The first-order valence-corrected chi connectivity index (χ1v) is 8.62. The molecule has 4 heteroatoms. The van der Waals surface area contributed by atoms with E-state index in [4.69, 9.17) is 0 Å². The maximum absolute atomic E-state index is 11.7. The molecule has 0 aromatic rings. The number of hydrogen-bond donors (Lipinski definition) is 1. The lowest BCUT2D eigenvalue weighted by Crippen LogP contribution is -2.21. The molecule has 0 aliphatic heterocycles. The third-order valence-corrected chi connectivity index (χ3v) is 4.03. The molecule has 0 saturated carbocycles. The fourth-order valence-electron chi connectivity index (χ4n) is 2.01. The second-order valence-corrected chi connectivity index (χ2v) is 6.00. The van der Waals surface area contributed by atoms with Crippen molar-refractivity contribution in [2.45, 2.75) is 45.4 Å². The average molecular weight is 307 g/mol. The third-order valence-electron chi connectivity index (χ3n) is 3.25. The summed E-state index contributed by atoms with van der Waals surface area (Å²) in [6.45, 7) is 2.91. The van der Waals surface area contributed by atoms with Gasteiger partial charge in [0.25, 0.3) is 0 Å². The average Bonchev–Trinajstić information content (AvgIpc) is 3.00. The number of rotatable bonds is 10. The van der Waals surface area contributed by atoms with Gasteiger partial charge in [-0.3, -0.25) is 9.59 Å². The fourth-order valence-corrected chi connectivity index (χ4v) is 2.65. The molecule has 0 saturated heterocycles. The highest BCUT2D eigenvalue weighted by atomic mass is 32.2. The van der Waals surface area contributed by atoms with Crippen LogP contribution in [0.2, 0.25) is 0 Å². The second-order valence-electron chi connectivity index (χ2n) is 5.09. The van der Waals surface area contributed by atoms with E-state index in [1.165, 1.54) is 31.8 Å². The van der Waals surface area contributed by atoms with Crippen molar-refractivity contribution < 1.29 is 9.59 Å². The van der Waals surface area contributed by atoms with E-state index in [1.807, 2.05) is 24.3 Å². The van der Waals surface area contributed by atoms with E-state index in [0.29, 0.717) is 6.54 Å². The molecule has 1 aliphatic carbocycles. The molecular weight excluding hydrogens is 282 g/mol. The highest BCUT2D eigenvalue weighted by Crippen LogP contribution is 2.18. The standard InChI is InChI=1S/C17H25NO2S/c1-2-3-4-5-6-9-13-18-16(19)12-14-21-17(20)15-10-7-8-11-15/h7-8,10-12,14-15H,2-6,9,13H2,1H3,(H,18,19).